The normalized spacial score (nSPS) is 12.6. The van der Waals surface area contributed by atoms with Gasteiger partial charge in [-0.2, -0.15) is 13.2 Å². The predicted octanol–water partition coefficient (Wildman–Crippen LogP) is 1.07. The number of alkyl halides is 3. The lowest BCUT2D eigenvalue weighted by molar-refractivity contribution is -0.137. The minimum Gasteiger partial charge on any atom is -0.304 e. The summed E-state index contributed by atoms with van der Waals surface area (Å²) in [4.78, 5) is 0. The summed E-state index contributed by atoms with van der Waals surface area (Å²) in [6, 6.07) is 4.50. The molecule has 0 fully saturated rings. The van der Waals surface area contributed by atoms with Crippen molar-refractivity contribution in [3.05, 3.63) is 41.2 Å². The van der Waals surface area contributed by atoms with Gasteiger partial charge in [-0.15, -0.1) is 10.2 Å². The van der Waals surface area contributed by atoms with E-state index in [0.717, 1.165) is 12.1 Å². The van der Waals surface area contributed by atoms with E-state index >= 15 is 0 Å². The average molecular weight is 320 g/mol. The van der Waals surface area contributed by atoms with Gasteiger partial charge in [-0.3, -0.25) is 0 Å². The monoisotopic (exact) mass is 320 g/mol. The van der Waals surface area contributed by atoms with Crippen LogP contribution in [0.4, 0.5) is 13.2 Å². The van der Waals surface area contributed by atoms with E-state index in [-0.39, 0.29) is 12.2 Å². The molecular weight excluding hydrogens is 309 g/mol. The first-order valence-corrected chi connectivity index (χ1v) is 7.21. The molecular formula is C11H11F3N4O2S. The van der Waals surface area contributed by atoms with E-state index < -0.39 is 26.9 Å². The van der Waals surface area contributed by atoms with Crippen LogP contribution < -0.4 is 5.14 Å². The quantitative estimate of drug-likeness (QED) is 0.916. The van der Waals surface area contributed by atoms with Crippen LogP contribution in [0.3, 0.4) is 0 Å². The van der Waals surface area contributed by atoms with E-state index in [1.54, 1.807) is 0 Å². The molecule has 1 heterocycles. The summed E-state index contributed by atoms with van der Waals surface area (Å²) in [6.07, 6.45) is -4.26. The molecule has 6 nitrogen and oxygen atoms in total. The van der Waals surface area contributed by atoms with Gasteiger partial charge in [0.2, 0.25) is 0 Å². The molecule has 10 heteroatoms. The second-order valence-electron chi connectivity index (χ2n) is 4.37. The van der Waals surface area contributed by atoms with Crippen molar-refractivity contribution in [2.24, 2.45) is 12.2 Å². The number of hydrogen-bond donors (Lipinski definition) is 1. The smallest absolute Gasteiger partial charge is 0.304 e. The Bertz CT molecular complexity index is 751. The van der Waals surface area contributed by atoms with Crippen molar-refractivity contribution >= 4 is 10.0 Å². The number of primary sulfonamides is 1. The molecule has 0 atom stereocenters. The van der Waals surface area contributed by atoms with E-state index in [2.05, 4.69) is 10.2 Å². The fourth-order valence-corrected chi connectivity index (χ4v) is 2.38. The standard InChI is InChI=1S/C11H11F3N4O2S/c1-18-9(16-17-10(18)21(15,19)20)6-7-2-4-8(5-3-7)11(12,13)14/h2-5H,6H2,1H3,(H2,15,19,20). The second kappa shape index (κ2) is 5.11. The molecule has 0 unspecified atom stereocenters. The van der Waals surface area contributed by atoms with Crippen LogP contribution in [0.1, 0.15) is 17.0 Å². The van der Waals surface area contributed by atoms with Gasteiger partial charge >= 0.3 is 6.18 Å². The third kappa shape index (κ3) is 3.39. The lowest BCUT2D eigenvalue weighted by Crippen LogP contribution is -2.17. The lowest BCUT2D eigenvalue weighted by Gasteiger charge is -2.07. The molecule has 2 aromatic rings. The molecule has 1 aromatic carbocycles. The highest BCUT2D eigenvalue weighted by molar-refractivity contribution is 7.89. The molecule has 0 saturated heterocycles. The van der Waals surface area contributed by atoms with Crippen molar-refractivity contribution in [1.29, 1.82) is 0 Å². The Balaban J connectivity index is 2.26. The van der Waals surface area contributed by atoms with E-state index in [4.69, 9.17) is 5.14 Å². The maximum absolute atomic E-state index is 12.4. The minimum absolute atomic E-state index is 0.136. The predicted molar refractivity (Wildman–Crippen MR) is 66.6 cm³/mol. The van der Waals surface area contributed by atoms with Gasteiger partial charge in [0.05, 0.1) is 5.56 Å². The van der Waals surface area contributed by atoms with Crippen LogP contribution in [0.5, 0.6) is 0 Å². The van der Waals surface area contributed by atoms with Gasteiger partial charge in [0.1, 0.15) is 5.82 Å². The highest BCUT2D eigenvalue weighted by Crippen LogP contribution is 2.29. The van der Waals surface area contributed by atoms with Gasteiger partial charge in [0.25, 0.3) is 15.2 Å². The molecule has 0 aliphatic heterocycles. The van der Waals surface area contributed by atoms with Crippen molar-refractivity contribution in [3.63, 3.8) is 0 Å². The van der Waals surface area contributed by atoms with Gasteiger partial charge in [0, 0.05) is 13.5 Å². The molecule has 0 spiro atoms. The Morgan fingerprint density at radius 3 is 2.19 bits per heavy atom. The Hall–Kier alpha value is -1.94. The number of halogens is 3. The summed E-state index contributed by atoms with van der Waals surface area (Å²) in [6.45, 7) is 0. The second-order valence-corrected chi connectivity index (χ2v) is 5.83. The molecule has 0 saturated carbocycles. The third-order valence-corrected chi connectivity index (χ3v) is 3.69. The van der Waals surface area contributed by atoms with Crippen LogP contribution >= 0.6 is 0 Å². The van der Waals surface area contributed by atoms with Gasteiger partial charge in [-0.05, 0) is 17.7 Å². The highest BCUT2D eigenvalue weighted by Gasteiger charge is 2.30. The van der Waals surface area contributed by atoms with Crippen molar-refractivity contribution in [1.82, 2.24) is 14.8 Å². The first kappa shape index (κ1) is 15.4. The van der Waals surface area contributed by atoms with E-state index in [1.807, 2.05) is 0 Å². The molecule has 114 valence electrons. The van der Waals surface area contributed by atoms with Crippen molar-refractivity contribution < 1.29 is 21.6 Å². The summed E-state index contributed by atoms with van der Waals surface area (Å²) in [5, 5.41) is 11.7. The van der Waals surface area contributed by atoms with Crippen LogP contribution in [-0.2, 0) is 29.7 Å². The average Bonchev–Trinajstić information content (AvgIpc) is 2.70. The van der Waals surface area contributed by atoms with Crippen LogP contribution in [0.15, 0.2) is 29.4 Å². The van der Waals surface area contributed by atoms with Crippen molar-refractivity contribution in [3.8, 4) is 0 Å². The maximum atomic E-state index is 12.4. The number of hydrogen-bond acceptors (Lipinski definition) is 4. The highest BCUT2D eigenvalue weighted by atomic mass is 32.2. The SMILES string of the molecule is Cn1c(Cc2ccc(C(F)(F)F)cc2)nnc1S(N)(=O)=O. The zero-order chi connectivity index (χ0) is 15.8. The number of benzene rings is 1. The Morgan fingerprint density at radius 2 is 1.76 bits per heavy atom. The van der Waals surface area contributed by atoms with Crippen molar-refractivity contribution in [2.45, 2.75) is 17.8 Å². The summed E-state index contributed by atoms with van der Waals surface area (Å²) < 4.78 is 60.9. The topological polar surface area (TPSA) is 90.9 Å². The third-order valence-electron chi connectivity index (χ3n) is 2.82. The van der Waals surface area contributed by atoms with E-state index in [0.29, 0.717) is 5.56 Å². The first-order valence-electron chi connectivity index (χ1n) is 5.66. The fraction of sp³-hybridized carbons (Fsp3) is 0.273. The number of nitrogens with zero attached hydrogens (tertiary/aromatic N) is 3. The number of sulfonamides is 1. The summed E-state index contributed by atoms with van der Waals surface area (Å²) in [7, 11) is -2.57. The Kier molecular flexibility index (Phi) is 3.76. The van der Waals surface area contributed by atoms with Crippen LogP contribution in [0, 0.1) is 0 Å². The summed E-state index contributed by atoms with van der Waals surface area (Å²) in [5.74, 6) is 0.277. The van der Waals surface area contributed by atoms with Gasteiger partial charge in [-0.1, -0.05) is 12.1 Å². The van der Waals surface area contributed by atoms with Crippen molar-refractivity contribution in [2.75, 3.05) is 0 Å². The van der Waals surface area contributed by atoms with Crippen LogP contribution in [0.2, 0.25) is 0 Å². The zero-order valence-electron chi connectivity index (χ0n) is 10.8. The van der Waals surface area contributed by atoms with E-state index in [1.165, 1.54) is 23.7 Å². The van der Waals surface area contributed by atoms with Crippen LogP contribution in [0.25, 0.3) is 0 Å². The number of nitrogens with two attached hydrogens (primary N) is 1. The van der Waals surface area contributed by atoms with Gasteiger partial charge < -0.3 is 4.57 Å². The molecule has 21 heavy (non-hydrogen) atoms. The molecule has 2 N–H and O–H groups in total. The zero-order valence-corrected chi connectivity index (χ0v) is 11.6. The number of aromatic nitrogens is 3. The first-order chi connectivity index (χ1) is 9.59. The molecule has 0 aliphatic rings. The maximum Gasteiger partial charge on any atom is 0.416 e. The Labute approximate surface area is 118 Å². The number of rotatable bonds is 3. The molecule has 0 bridgehead atoms. The van der Waals surface area contributed by atoms with Gasteiger partial charge in [0.15, 0.2) is 0 Å². The molecule has 2 rings (SSSR count). The molecule has 0 aliphatic carbocycles. The molecule has 1 aromatic heterocycles. The summed E-state index contributed by atoms with van der Waals surface area (Å²) >= 11 is 0. The minimum atomic E-state index is -4.40. The van der Waals surface area contributed by atoms with Crippen LogP contribution in [-0.4, -0.2) is 23.2 Å². The molecule has 0 amide bonds. The van der Waals surface area contributed by atoms with Gasteiger partial charge in [-0.25, -0.2) is 13.6 Å². The largest absolute Gasteiger partial charge is 0.416 e. The lowest BCUT2D eigenvalue weighted by atomic mass is 10.1. The molecule has 0 radical (unpaired) electrons. The Morgan fingerprint density at radius 1 is 1.19 bits per heavy atom. The fourth-order valence-electron chi connectivity index (χ4n) is 1.74. The van der Waals surface area contributed by atoms with E-state index in [9.17, 15) is 21.6 Å². The summed E-state index contributed by atoms with van der Waals surface area (Å²) in [5.41, 5.74) is -0.214.